The van der Waals surface area contributed by atoms with Crippen LogP contribution in [0.25, 0.3) is 10.9 Å². The number of methoxy groups -OCH3 is 1. The Labute approximate surface area is 155 Å². The monoisotopic (exact) mass is 368 g/mol. The number of aromatic amines is 1. The van der Waals surface area contributed by atoms with Crippen LogP contribution in [0, 0.1) is 0 Å². The highest BCUT2D eigenvalue weighted by Crippen LogP contribution is 2.10. The Kier molecular flexibility index (Phi) is 6.11. The lowest BCUT2D eigenvalue weighted by Gasteiger charge is -2.08. The van der Waals surface area contributed by atoms with E-state index in [-0.39, 0.29) is 17.9 Å². The standard InChI is InChI=1S/C19H20N4O4/c1-26-9-4-10-27-16-11-13(7-8-20-16)12-21-19(25)17-22-15-6-3-2-5-14(15)18(24)23-17/h2-3,5-8,11H,4,9-10,12H2,1H3,(H,21,25)(H,22,23,24). The minimum Gasteiger partial charge on any atom is -0.478 e. The maximum absolute atomic E-state index is 12.3. The van der Waals surface area contributed by atoms with E-state index in [0.29, 0.717) is 30.0 Å². The number of pyridine rings is 1. The summed E-state index contributed by atoms with van der Waals surface area (Å²) < 4.78 is 10.5. The molecule has 0 spiro atoms. The highest BCUT2D eigenvalue weighted by Gasteiger charge is 2.11. The van der Waals surface area contributed by atoms with E-state index in [2.05, 4.69) is 20.3 Å². The van der Waals surface area contributed by atoms with Crippen molar-refractivity contribution in [1.82, 2.24) is 20.3 Å². The summed E-state index contributed by atoms with van der Waals surface area (Å²) in [5.74, 6) is -0.00360. The van der Waals surface area contributed by atoms with Gasteiger partial charge in [-0.1, -0.05) is 12.1 Å². The summed E-state index contributed by atoms with van der Waals surface area (Å²) in [5, 5.41) is 3.18. The molecule has 2 heterocycles. The van der Waals surface area contributed by atoms with Crippen LogP contribution in [-0.2, 0) is 11.3 Å². The molecule has 0 unspecified atom stereocenters. The van der Waals surface area contributed by atoms with Crippen LogP contribution in [0.2, 0.25) is 0 Å². The number of carbonyl (C=O) groups is 1. The van der Waals surface area contributed by atoms with Gasteiger partial charge in [0.05, 0.1) is 17.5 Å². The molecule has 0 fully saturated rings. The number of para-hydroxylation sites is 1. The SMILES string of the molecule is COCCCOc1cc(CNC(=O)c2nc3ccccc3c(=O)[nH]2)ccn1. The summed E-state index contributed by atoms with van der Waals surface area (Å²) in [5.41, 5.74) is 0.951. The molecule has 0 aliphatic heterocycles. The summed E-state index contributed by atoms with van der Waals surface area (Å²) >= 11 is 0. The van der Waals surface area contributed by atoms with Crippen LogP contribution in [0.4, 0.5) is 0 Å². The van der Waals surface area contributed by atoms with Crippen molar-refractivity contribution in [3.8, 4) is 5.88 Å². The maximum atomic E-state index is 12.3. The van der Waals surface area contributed by atoms with Gasteiger partial charge >= 0.3 is 0 Å². The van der Waals surface area contributed by atoms with Crippen molar-refractivity contribution in [2.24, 2.45) is 0 Å². The number of hydrogen-bond donors (Lipinski definition) is 2. The number of benzene rings is 1. The molecule has 1 amide bonds. The van der Waals surface area contributed by atoms with Crippen LogP contribution in [0.1, 0.15) is 22.6 Å². The molecular formula is C19H20N4O4. The zero-order chi connectivity index (χ0) is 19.1. The van der Waals surface area contributed by atoms with Crippen molar-refractivity contribution >= 4 is 16.8 Å². The van der Waals surface area contributed by atoms with Gasteiger partial charge < -0.3 is 19.8 Å². The van der Waals surface area contributed by atoms with Gasteiger partial charge in [-0.3, -0.25) is 9.59 Å². The molecule has 0 bridgehead atoms. The summed E-state index contributed by atoms with van der Waals surface area (Å²) in [6.07, 6.45) is 2.38. The molecule has 140 valence electrons. The first-order valence-corrected chi connectivity index (χ1v) is 8.51. The van der Waals surface area contributed by atoms with Gasteiger partial charge in [0.15, 0.2) is 5.82 Å². The van der Waals surface area contributed by atoms with Gasteiger partial charge in [0.25, 0.3) is 11.5 Å². The number of H-pyrrole nitrogens is 1. The third kappa shape index (κ3) is 4.89. The van der Waals surface area contributed by atoms with E-state index >= 15 is 0 Å². The molecular weight excluding hydrogens is 348 g/mol. The average molecular weight is 368 g/mol. The Bertz CT molecular complexity index is 987. The predicted molar refractivity (Wildman–Crippen MR) is 99.8 cm³/mol. The first-order valence-electron chi connectivity index (χ1n) is 8.51. The molecule has 3 rings (SSSR count). The van der Waals surface area contributed by atoms with Crippen LogP contribution >= 0.6 is 0 Å². The number of amides is 1. The van der Waals surface area contributed by atoms with Gasteiger partial charge in [-0.25, -0.2) is 9.97 Å². The normalized spacial score (nSPS) is 10.7. The van der Waals surface area contributed by atoms with E-state index in [4.69, 9.17) is 9.47 Å². The van der Waals surface area contributed by atoms with Crippen LogP contribution in [-0.4, -0.2) is 41.2 Å². The third-order valence-corrected chi connectivity index (χ3v) is 3.82. The Hall–Kier alpha value is -3.26. The Morgan fingerprint density at radius 1 is 1.22 bits per heavy atom. The summed E-state index contributed by atoms with van der Waals surface area (Å²) in [4.78, 5) is 35.2. The molecule has 0 saturated heterocycles. The van der Waals surface area contributed by atoms with Gasteiger partial charge in [0, 0.05) is 38.9 Å². The van der Waals surface area contributed by atoms with E-state index in [0.717, 1.165) is 12.0 Å². The molecule has 2 N–H and O–H groups in total. The van der Waals surface area contributed by atoms with E-state index in [1.807, 2.05) is 0 Å². The van der Waals surface area contributed by atoms with Crippen molar-refractivity contribution < 1.29 is 14.3 Å². The third-order valence-electron chi connectivity index (χ3n) is 3.82. The molecule has 3 aromatic rings. The van der Waals surface area contributed by atoms with Gasteiger partial charge in [-0.05, 0) is 23.8 Å². The van der Waals surface area contributed by atoms with Gasteiger partial charge in [-0.2, -0.15) is 0 Å². The van der Waals surface area contributed by atoms with Crippen molar-refractivity contribution in [1.29, 1.82) is 0 Å². The molecule has 0 saturated carbocycles. The van der Waals surface area contributed by atoms with Gasteiger partial charge in [0.1, 0.15) is 0 Å². The molecule has 8 nitrogen and oxygen atoms in total. The largest absolute Gasteiger partial charge is 0.478 e. The number of nitrogens with one attached hydrogen (secondary N) is 2. The van der Waals surface area contributed by atoms with Crippen molar-refractivity contribution in [3.05, 3.63) is 64.3 Å². The topological polar surface area (TPSA) is 106 Å². The maximum Gasteiger partial charge on any atom is 0.287 e. The Balaban J connectivity index is 1.63. The first kappa shape index (κ1) is 18.5. The van der Waals surface area contributed by atoms with Crippen LogP contribution < -0.4 is 15.6 Å². The minimum atomic E-state index is -0.461. The number of nitrogens with zero attached hydrogens (tertiary/aromatic N) is 2. The summed E-state index contributed by atoms with van der Waals surface area (Å²) in [6.45, 7) is 1.37. The second-order valence-corrected chi connectivity index (χ2v) is 5.81. The molecule has 0 radical (unpaired) electrons. The molecule has 0 aliphatic rings. The molecule has 0 atom stereocenters. The predicted octanol–water partition coefficient (Wildman–Crippen LogP) is 1.66. The lowest BCUT2D eigenvalue weighted by Crippen LogP contribution is -2.27. The van der Waals surface area contributed by atoms with Crippen molar-refractivity contribution in [2.75, 3.05) is 20.3 Å². The fraction of sp³-hybridized carbons (Fsp3) is 0.263. The highest BCUT2D eigenvalue weighted by atomic mass is 16.5. The van der Waals surface area contributed by atoms with Crippen molar-refractivity contribution in [2.45, 2.75) is 13.0 Å². The van der Waals surface area contributed by atoms with E-state index < -0.39 is 5.91 Å². The second kappa shape index (κ2) is 8.91. The van der Waals surface area contributed by atoms with Crippen LogP contribution in [0.3, 0.4) is 0 Å². The lowest BCUT2D eigenvalue weighted by molar-refractivity contribution is 0.0940. The number of hydrogen-bond acceptors (Lipinski definition) is 6. The lowest BCUT2D eigenvalue weighted by atomic mass is 10.2. The summed E-state index contributed by atoms with van der Waals surface area (Å²) in [6, 6.07) is 10.4. The minimum absolute atomic E-state index is 0.0243. The fourth-order valence-corrected chi connectivity index (χ4v) is 2.48. The molecule has 27 heavy (non-hydrogen) atoms. The van der Waals surface area contributed by atoms with E-state index in [1.165, 1.54) is 0 Å². The van der Waals surface area contributed by atoms with Crippen LogP contribution in [0.5, 0.6) is 5.88 Å². The second-order valence-electron chi connectivity index (χ2n) is 5.81. The highest BCUT2D eigenvalue weighted by molar-refractivity contribution is 5.92. The average Bonchev–Trinajstić information content (AvgIpc) is 2.70. The number of fused-ring (bicyclic) bond motifs is 1. The Morgan fingerprint density at radius 2 is 2.07 bits per heavy atom. The van der Waals surface area contributed by atoms with Gasteiger partial charge in [0.2, 0.25) is 5.88 Å². The Morgan fingerprint density at radius 3 is 2.93 bits per heavy atom. The summed E-state index contributed by atoms with van der Waals surface area (Å²) in [7, 11) is 1.64. The zero-order valence-electron chi connectivity index (χ0n) is 14.9. The fourth-order valence-electron chi connectivity index (χ4n) is 2.48. The smallest absolute Gasteiger partial charge is 0.287 e. The number of ether oxygens (including phenoxy) is 2. The van der Waals surface area contributed by atoms with Crippen molar-refractivity contribution in [3.63, 3.8) is 0 Å². The number of aromatic nitrogens is 3. The number of rotatable bonds is 8. The molecule has 8 heteroatoms. The quantitative estimate of drug-likeness (QED) is 0.586. The first-order chi connectivity index (χ1) is 13.2. The van der Waals surface area contributed by atoms with Gasteiger partial charge in [-0.15, -0.1) is 0 Å². The van der Waals surface area contributed by atoms with E-state index in [1.54, 1.807) is 49.7 Å². The molecule has 0 aliphatic carbocycles. The number of carbonyl (C=O) groups excluding carboxylic acids is 1. The van der Waals surface area contributed by atoms with Crippen LogP contribution in [0.15, 0.2) is 47.4 Å². The van der Waals surface area contributed by atoms with E-state index in [9.17, 15) is 9.59 Å². The molecule has 1 aromatic carbocycles. The molecule has 2 aromatic heterocycles. The zero-order valence-corrected chi connectivity index (χ0v) is 14.9.